The third kappa shape index (κ3) is 3.93. The smallest absolute Gasteiger partial charge is 0.324 e. The number of carbonyl (C=O) groups is 2. The van der Waals surface area contributed by atoms with Crippen LogP contribution < -0.4 is 5.32 Å². The summed E-state index contributed by atoms with van der Waals surface area (Å²) in [5.41, 5.74) is 0.991. The van der Waals surface area contributed by atoms with E-state index in [1.165, 1.54) is 5.56 Å². The first kappa shape index (κ1) is 20.4. The van der Waals surface area contributed by atoms with Gasteiger partial charge in [-0.05, 0) is 57.9 Å². The lowest BCUT2D eigenvalue weighted by atomic mass is 9.80. The van der Waals surface area contributed by atoms with E-state index < -0.39 is 11.6 Å². The Morgan fingerprint density at radius 2 is 1.77 bits per heavy atom. The standard InChI is InChI=1S/C21H32N2O3/c1-8-23-17(19(25)26-21(6,7)20(23,4)5)13-18(24)22-16-11-9-15(10-12-16)14(2)3/h9-12,14,17H,8,13H2,1-7H3,(H,22,24). The molecule has 0 aromatic heterocycles. The number of morpholine rings is 1. The molecular weight excluding hydrogens is 328 g/mol. The van der Waals surface area contributed by atoms with E-state index in [1.54, 1.807) is 0 Å². The van der Waals surface area contributed by atoms with Crippen molar-refractivity contribution in [2.45, 2.75) is 78.0 Å². The van der Waals surface area contributed by atoms with Gasteiger partial charge in [-0.2, -0.15) is 0 Å². The van der Waals surface area contributed by atoms with Crippen molar-refractivity contribution in [3.63, 3.8) is 0 Å². The van der Waals surface area contributed by atoms with Gasteiger partial charge in [-0.25, -0.2) is 0 Å². The fraction of sp³-hybridized carbons (Fsp3) is 0.619. The number of likely N-dealkylation sites (N-methyl/N-ethyl adjacent to an activating group) is 1. The van der Waals surface area contributed by atoms with Gasteiger partial charge in [0.05, 0.1) is 12.0 Å². The highest BCUT2D eigenvalue weighted by Gasteiger charge is 2.53. The number of cyclic esters (lactones) is 1. The Labute approximate surface area is 157 Å². The number of anilines is 1. The zero-order valence-electron chi connectivity index (χ0n) is 17.1. The van der Waals surface area contributed by atoms with E-state index in [-0.39, 0.29) is 23.8 Å². The second kappa shape index (κ2) is 7.39. The molecule has 1 saturated heterocycles. The first-order valence-electron chi connectivity index (χ1n) is 9.39. The topological polar surface area (TPSA) is 58.6 Å². The predicted molar refractivity (Wildman–Crippen MR) is 104 cm³/mol. The number of hydrogen-bond acceptors (Lipinski definition) is 4. The molecule has 1 heterocycles. The van der Waals surface area contributed by atoms with Crippen LogP contribution in [-0.2, 0) is 14.3 Å². The maximum absolute atomic E-state index is 12.5. The number of nitrogens with zero attached hydrogens (tertiary/aromatic N) is 1. The third-order valence-electron chi connectivity index (χ3n) is 5.78. The van der Waals surface area contributed by atoms with Gasteiger partial charge in [-0.15, -0.1) is 0 Å². The van der Waals surface area contributed by atoms with E-state index in [1.807, 2.05) is 45.0 Å². The quantitative estimate of drug-likeness (QED) is 0.808. The van der Waals surface area contributed by atoms with E-state index in [0.717, 1.165) is 5.69 Å². The Balaban J connectivity index is 2.10. The van der Waals surface area contributed by atoms with Crippen LogP contribution in [0.4, 0.5) is 5.69 Å². The van der Waals surface area contributed by atoms with E-state index >= 15 is 0 Å². The molecule has 1 atom stereocenters. The summed E-state index contributed by atoms with van der Waals surface area (Å²) in [5.74, 6) is -0.0693. The number of hydrogen-bond donors (Lipinski definition) is 1. The van der Waals surface area contributed by atoms with Crippen LogP contribution in [0.25, 0.3) is 0 Å². The number of rotatable bonds is 5. The van der Waals surface area contributed by atoms with E-state index in [2.05, 4.69) is 37.9 Å². The zero-order valence-corrected chi connectivity index (χ0v) is 17.1. The Morgan fingerprint density at radius 1 is 1.19 bits per heavy atom. The number of benzene rings is 1. The zero-order chi connectivity index (χ0) is 19.7. The Morgan fingerprint density at radius 3 is 2.27 bits per heavy atom. The summed E-state index contributed by atoms with van der Waals surface area (Å²) >= 11 is 0. The number of carbonyl (C=O) groups excluding carboxylic acids is 2. The SMILES string of the molecule is CCN1C(CC(=O)Nc2ccc(C(C)C)cc2)C(=O)OC(C)(C)C1(C)C. The van der Waals surface area contributed by atoms with E-state index in [9.17, 15) is 9.59 Å². The largest absolute Gasteiger partial charge is 0.457 e. The molecule has 1 N–H and O–H groups in total. The molecule has 0 radical (unpaired) electrons. The molecule has 1 aliphatic rings. The van der Waals surface area contributed by atoms with Crippen LogP contribution in [-0.4, -0.2) is 40.5 Å². The van der Waals surface area contributed by atoms with Crippen molar-refractivity contribution in [3.8, 4) is 0 Å². The van der Waals surface area contributed by atoms with Crippen molar-refractivity contribution in [1.29, 1.82) is 0 Å². The average Bonchev–Trinajstić information content (AvgIpc) is 2.53. The van der Waals surface area contributed by atoms with Crippen molar-refractivity contribution >= 4 is 17.6 Å². The van der Waals surface area contributed by atoms with Crippen molar-refractivity contribution in [1.82, 2.24) is 4.90 Å². The summed E-state index contributed by atoms with van der Waals surface area (Å²) in [6, 6.07) is 7.25. The molecule has 5 heteroatoms. The summed E-state index contributed by atoms with van der Waals surface area (Å²) in [4.78, 5) is 27.1. The summed E-state index contributed by atoms with van der Waals surface area (Å²) in [5, 5.41) is 2.90. The molecule has 1 fully saturated rings. The van der Waals surface area contributed by atoms with Crippen LogP contribution in [0.1, 0.15) is 66.4 Å². The fourth-order valence-electron chi connectivity index (χ4n) is 3.46. The predicted octanol–water partition coefficient (Wildman–Crippen LogP) is 3.94. The molecule has 1 amide bonds. The normalized spacial score (nSPS) is 22.2. The molecule has 2 rings (SSSR count). The van der Waals surface area contributed by atoms with Crippen molar-refractivity contribution in [3.05, 3.63) is 29.8 Å². The van der Waals surface area contributed by atoms with Crippen LogP contribution in [0.2, 0.25) is 0 Å². The third-order valence-corrected chi connectivity index (χ3v) is 5.78. The fourth-order valence-corrected chi connectivity index (χ4v) is 3.46. The average molecular weight is 360 g/mol. The molecule has 1 aromatic rings. The van der Waals surface area contributed by atoms with Gasteiger partial charge in [0.1, 0.15) is 11.6 Å². The summed E-state index contributed by atoms with van der Waals surface area (Å²) in [6.07, 6.45) is 0.0815. The molecule has 26 heavy (non-hydrogen) atoms. The summed E-state index contributed by atoms with van der Waals surface area (Å²) < 4.78 is 5.67. The Kier molecular flexibility index (Phi) is 5.81. The molecule has 144 valence electrons. The second-order valence-electron chi connectivity index (χ2n) is 8.32. The number of esters is 1. The molecule has 1 aliphatic heterocycles. The van der Waals surface area contributed by atoms with Crippen LogP contribution in [0.3, 0.4) is 0 Å². The van der Waals surface area contributed by atoms with Gasteiger partial charge < -0.3 is 10.1 Å². The van der Waals surface area contributed by atoms with Crippen LogP contribution >= 0.6 is 0 Å². The first-order valence-corrected chi connectivity index (χ1v) is 9.39. The van der Waals surface area contributed by atoms with Gasteiger partial charge in [0, 0.05) is 5.69 Å². The van der Waals surface area contributed by atoms with Gasteiger partial charge >= 0.3 is 5.97 Å². The number of ether oxygens (including phenoxy) is 1. The second-order valence-corrected chi connectivity index (χ2v) is 8.32. The van der Waals surface area contributed by atoms with Crippen LogP contribution in [0.15, 0.2) is 24.3 Å². The van der Waals surface area contributed by atoms with Crippen LogP contribution in [0.5, 0.6) is 0 Å². The van der Waals surface area contributed by atoms with Crippen LogP contribution in [0, 0.1) is 0 Å². The molecule has 5 nitrogen and oxygen atoms in total. The Bertz CT molecular complexity index is 662. The van der Waals surface area contributed by atoms with Gasteiger partial charge in [-0.3, -0.25) is 14.5 Å². The van der Waals surface area contributed by atoms with Gasteiger partial charge in [0.2, 0.25) is 5.91 Å². The van der Waals surface area contributed by atoms with Gasteiger partial charge in [0.25, 0.3) is 0 Å². The van der Waals surface area contributed by atoms with Crippen molar-refractivity contribution in [2.24, 2.45) is 0 Å². The minimum absolute atomic E-state index is 0.0815. The highest BCUT2D eigenvalue weighted by Crippen LogP contribution is 2.38. The monoisotopic (exact) mass is 360 g/mol. The van der Waals surface area contributed by atoms with E-state index in [0.29, 0.717) is 12.5 Å². The molecule has 1 unspecified atom stereocenters. The lowest BCUT2D eigenvalue weighted by molar-refractivity contribution is -0.205. The van der Waals surface area contributed by atoms with Gasteiger partial charge in [0.15, 0.2) is 0 Å². The summed E-state index contributed by atoms with van der Waals surface area (Å²) in [6.45, 7) is 14.9. The maximum Gasteiger partial charge on any atom is 0.324 e. The van der Waals surface area contributed by atoms with Crippen molar-refractivity contribution in [2.75, 3.05) is 11.9 Å². The lowest BCUT2D eigenvalue weighted by Crippen LogP contribution is -2.69. The summed E-state index contributed by atoms with van der Waals surface area (Å²) in [7, 11) is 0. The maximum atomic E-state index is 12.5. The molecular formula is C21H32N2O3. The molecule has 0 saturated carbocycles. The molecule has 0 spiro atoms. The number of amides is 1. The first-order chi connectivity index (χ1) is 12.0. The van der Waals surface area contributed by atoms with Crippen molar-refractivity contribution < 1.29 is 14.3 Å². The van der Waals surface area contributed by atoms with Gasteiger partial charge in [-0.1, -0.05) is 32.9 Å². The highest BCUT2D eigenvalue weighted by molar-refractivity contribution is 5.94. The minimum Gasteiger partial charge on any atom is -0.457 e. The number of nitrogens with one attached hydrogen (secondary N) is 1. The lowest BCUT2D eigenvalue weighted by Gasteiger charge is -2.54. The molecule has 0 aliphatic carbocycles. The minimum atomic E-state index is -0.611. The molecule has 1 aromatic carbocycles. The highest BCUT2D eigenvalue weighted by atomic mass is 16.6. The Hall–Kier alpha value is -1.88. The van der Waals surface area contributed by atoms with E-state index in [4.69, 9.17) is 4.74 Å². The molecule has 0 bridgehead atoms.